The van der Waals surface area contributed by atoms with Crippen LogP contribution in [0.5, 0.6) is 0 Å². The zero-order valence-corrected chi connectivity index (χ0v) is 16.0. The fourth-order valence-electron chi connectivity index (χ4n) is 3.53. The molecular formula is C21H19N3O3S. The summed E-state index contributed by atoms with van der Waals surface area (Å²) in [5.41, 5.74) is 1.83. The average molecular weight is 393 g/mol. The Bertz CT molecular complexity index is 1020. The second-order valence-electron chi connectivity index (χ2n) is 6.50. The summed E-state index contributed by atoms with van der Waals surface area (Å²) < 4.78 is 6.16. The molecule has 1 fully saturated rings. The maximum Gasteiger partial charge on any atom is 0.335 e. The molecule has 2 atom stereocenters. The maximum absolute atomic E-state index is 11.2. The minimum atomic E-state index is -0.966. The number of carbonyl (C=O) groups is 1. The Morgan fingerprint density at radius 1 is 1.25 bits per heavy atom. The molecule has 0 spiro atoms. The second-order valence-corrected chi connectivity index (χ2v) is 6.89. The third-order valence-electron chi connectivity index (χ3n) is 4.85. The first kappa shape index (κ1) is 18.2. The number of pyridine rings is 1. The summed E-state index contributed by atoms with van der Waals surface area (Å²) in [7, 11) is 0. The first-order chi connectivity index (χ1) is 13.6. The van der Waals surface area contributed by atoms with E-state index in [1.807, 2.05) is 43.3 Å². The van der Waals surface area contributed by atoms with Crippen molar-refractivity contribution in [1.82, 2.24) is 15.2 Å². The quantitative estimate of drug-likeness (QED) is 0.634. The number of thiocarbonyl (C=S) groups is 1. The number of carboxylic acid groups (broad SMARTS) is 1. The van der Waals surface area contributed by atoms with E-state index in [0.717, 1.165) is 23.6 Å². The smallest absolute Gasteiger partial charge is 0.335 e. The van der Waals surface area contributed by atoms with Gasteiger partial charge in [0.15, 0.2) is 5.11 Å². The van der Waals surface area contributed by atoms with Crippen molar-refractivity contribution in [1.29, 1.82) is 0 Å². The van der Waals surface area contributed by atoms with Crippen LogP contribution in [0, 0.1) is 0 Å². The molecular weight excluding hydrogens is 374 g/mol. The SMILES string of the molecule is CCN1C(=S)N[C@@H](c2ccccn2)[C@@H]1c1ccc(-c2cccc(C(=O)O)c2)o1. The van der Waals surface area contributed by atoms with Crippen molar-refractivity contribution >= 4 is 23.3 Å². The van der Waals surface area contributed by atoms with E-state index in [0.29, 0.717) is 10.9 Å². The highest BCUT2D eigenvalue weighted by molar-refractivity contribution is 7.80. The van der Waals surface area contributed by atoms with Crippen molar-refractivity contribution in [2.75, 3.05) is 6.54 Å². The highest BCUT2D eigenvalue weighted by Gasteiger charge is 2.40. The Kier molecular flexibility index (Phi) is 4.83. The first-order valence-electron chi connectivity index (χ1n) is 9.00. The van der Waals surface area contributed by atoms with E-state index in [-0.39, 0.29) is 17.6 Å². The molecule has 28 heavy (non-hydrogen) atoms. The monoisotopic (exact) mass is 393 g/mol. The van der Waals surface area contributed by atoms with Gasteiger partial charge in [0, 0.05) is 18.3 Å². The topological polar surface area (TPSA) is 78.6 Å². The molecule has 4 rings (SSSR count). The number of rotatable bonds is 5. The van der Waals surface area contributed by atoms with Gasteiger partial charge in [-0.15, -0.1) is 0 Å². The number of likely N-dealkylation sites (N-methyl/N-ethyl adjacent to an activating group) is 1. The van der Waals surface area contributed by atoms with Crippen LogP contribution in [0.4, 0.5) is 0 Å². The normalized spacial score (nSPS) is 18.9. The fourth-order valence-corrected chi connectivity index (χ4v) is 3.90. The molecule has 2 N–H and O–H groups in total. The van der Waals surface area contributed by atoms with E-state index < -0.39 is 5.97 Å². The molecule has 0 amide bonds. The Labute approximate surface area is 167 Å². The number of hydrogen-bond donors (Lipinski definition) is 2. The molecule has 7 heteroatoms. The maximum atomic E-state index is 11.2. The van der Waals surface area contributed by atoms with Crippen molar-refractivity contribution in [2.45, 2.75) is 19.0 Å². The van der Waals surface area contributed by atoms with Crippen LogP contribution in [0.2, 0.25) is 0 Å². The molecule has 1 aromatic carbocycles. The largest absolute Gasteiger partial charge is 0.478 e. The summed E-state index contributed by atoms with van der Waals surface area (Å²) >= 11 is 5.52. The zero-order chi connectivity index (χ0) is 19.7. The lowest BCUT2D eigenvalue weighted by atomic mass is 10.0. The summed E-state index contributed by atoms with van der Waals surface area (Å²) in [5.74, 6) is 0.402. The molecule has 1 aliphatic heterocycles. The summed E-state index contributed by atoms with van der Waals surface area (Å²) in [6, 6.07) is 16.0. The Morgan fingerprint density at radius 2 is 2.11 bits per heavy atom. The molecule has 1 saturated heterocycles. The molecule has 3 heterocycles. The average Bonchev–Trinajstić information content (AvgIpc) is 3.33. The first-order valence-corrected chi connectivity index (χ1v) is 9.41. The number of nitrogens with one attached hydrogen (secondary N) is 1. The number of aromatic nitrogens is 1. The molecule has 142 valence electrons. The third kappa shape index (κ3) is 3.25. The van der Waals surface area contributed by atoms with Gasteiger partial charge >= 0.3 is 5.97 Å². The minimum absolute atomic E-state index is 0.127. The van der Waals surface area contributed by atoms with Crippen LogP contribution in [0.15, 0.2) is 65.2 Å². The van der Waals surface area contributed by atoms with Crippen LogP contribution in [-0.2, 0) is 0 Å². The van der Waals surface area contributed by atoms with Gasteiger partial charge in [0.25, 0.3) is 0 Å². The van der Waals surface area contributed by atoms with Crippen molar-refractivity contribution in [3.05, 3.63) is 77.8 Å². The van der Waals surface area contributed by atoms with Crippen LogP contribution in [0.1, 0.15) is 40.8 Å². The van der Waals surface area contributed by atoms with E-state index in [4.69, 9.17) is 16.6 Å². The Hall–Kier alpha value is -3.19. The van der Waals surface area contributed by atoms with Gasteiger partial charge in [-0.2, -0.15) is 0 Å². The standard InChI is InChI=1S/C21H19N3O3S/c1-2-24-19(18(23-21(24)28)15-8-3-4-11-22-15)17-10-9-16(27-17)13-6-5-7-14(12-13)20(25)26/h3-12,18-19H,2H2,1H3,(H,23,28)(H,25,26)/t18-,19-/m0/s1. The fraction of sp³-hybridized carbons (Fsp3) is 0.190. The summed E-state index contributed by atoms with van der Waals surface area (Å²) in [6.07, 6.45) is 1.76. The number of carboxylic acids is 1. The van der Waals surface area contributed by atoms with E-state index >= 15 is 0 Å². The zero-order valence-electron chi connectivity index (χ0n) is 15.2. The van der Waals surface area contributed by atoms with E-state index in [9.17, 15) is 9.90 Å². The predicted octanol–water partition coefficient (Wildman–Crippen LogP) is 4.03. The molecule has 0 radical (unpaired) electrons. The van der Waals surface area contributed by atoms with Gasteiger partial charge in [0.1, 0.15) is 17.6 Å². The second kappa shape index (κ2) is 7.44. The van der Waals surface area contributed by atoms with E-state index in [2.05, 4.69) is 15.2 Å². The van der Waals surface area contributed by atoms with Crippen LogP contribution < -0.4 is 5.32 Å². The van der Waals surface area contributed by atoms with Crippen molar-refractivity contribution < 1.29 is 14.3 Å². The number of nitrogens with zero attached hydrogens (tertiary/aromatic N) is 2. The van der Waals surface area contributed by atoms with Crippen molar-refractivity contribution in [3.8, 4) is 11.3 Å². The summed E-state index contributed by atoms with van der Waals surface area (Å²) in [6.45, 7) is 2.77. The molecule has 0 saturated carbocycles. The van der Waals surface area contributed by atoms with Gasteiger partial charge in [-0.1, -0.05) is 18.2 Å². The molecule has 1 aliphatic rings. The summed E-state index contributed by atoms with van der Waals surface area (Å²) in [5, 5.41) is 13.2. The Morgan fingerprint density at radius 3 is 2.82 bits per heavy atom. The highest BCUT2D eigenvalue weighted by atomic mass is 32.1. The molecule has 0 bridgehead atoms. The predicted molar refractivity (Wildman–Crippen MR) is 109 cm³/mol. The minimum Gasteiger partial charge on any atom is -0.478 e. The lowest BCUT2D eigenvalue weighted by molar-refractivity contribution is 0.0697. The molecule has 6 nitrogen and oxygen atoms in total. The van der Waals surface area contributed by atoms with Gasteiger partial charge < -0.3 is 19.7 Å². The molecule has 2 aromatic heterocycles. The highest BCUT2D eigenvalue weighted by Crippen LogP contribution is 2.40. The third-order valence-corrected chi connectivity index (χ3v) is 5.20. The van der Waals surface area contributed by atoms with Crippen molar-refractivity contribution in [3.63, 3.8) is 0 Å². The lowest BCUT2D eigenvalue weighted by Crippen LogP contribution is -2.29. The van der Waals surface area contributed by atoms with E-state index in [1.54, 1.807) is 24.4 Å². The Balaban J connectivity index is 1.72. The van der Waals surface area contributed by atoms with Gasteiger partial charge in [0.2, 0.25) is 0 Å². The van der Waals surface area contributed by atoms with Crippen LogP contribution in [0.25, 0.3) is 11.3 Å². The summed E-state index contributed by atoms with van der Waals surface area (Å²) in [4.78, 5) is 17.8. The van der Waals surface area contributed by atoms with E-state index in [1.165, 1.54) is 0 Å². The number of benzene rings is 1. The molecule has 0 unspecified atom stereocenters. The van der Waals surface area contributed by atoms with Crippen LogP contribution in [-0.4, -0.2) is 32.6 Å². The van der Waals surface area contributed by atoms with Gasteiger partial charge in [-0.05, 0) is 55.5 Å². The van der Waals surface area contributed by atoms with Crippen LogP contribution >= 0.6 is 12.2 Å². The van der Waals surface area contributed by atoms with Gasteiger partial charge in [-0.3, -0.25) is 4.98 Å². The number of furan rings is 1. The molecule has 0 aliphatic carbocycles. The number of aromatic carboxylic acids is 1. The van der Waals surface area contributed by atoms with Gasteiger partial charge in [0.05, 0.1) is 17.3 Å². The van der Waals surface area contributed by atoms with Crippen molar-refractivity contribution in [2.24, 2.45) is 0 Å². The van der Waals surface area contributed by atoms with Crippen LogP contribution in [0.3, 0.4) is 0 Å². The number of hydrogen-bond acceptors (Lipinski definition) is 4. The lowest BCUT2D eigenvalue weighted by Gasteiger charge is -2.24. The van der Waals surface area contributed by atoms with Gasteiger partial charge in [-0.25, -0.2) is 4.79 Å². The molecule has 3 aromatic rings.